The second kappa shape index (κ2) is 6.12. The molecule has 1 fully saturated rings. The van der Waals surface area contributed by atoms with Crippen molar-refractivity contribution >= 4 is 11.8 Å². The van der Waals surface area contributed by atoms with Gasteiger partial charge in [0.1, 0.15) is 0 Å². The Bertz CT molecular complexity index is 396. The molecule has 18 heavy (non-hydrogen) atoms. The fraction of sp³-hybridized carbons (Fsp3) is 0.625. The Morgan fingerprint density at radius 3 is 2.83 bits per heavy atom. The van der Waals surface area contributed by atoms with E-state index < -0.39 is 0 Å². The quantitative estimate of drug-likeness (QED) is 0.833. The Balaban J connectivity index is 1.65. The van der Waals surface area contributed by atoms with Crippen molar-refractivity contribution in [1.82, 2.24) is 5.32 Å². The van der Waals surface area contributed by atoms with Crippen molar-refractivity contribution in [2.75, 3.05) is 18.8 Å². The van der Waals surface area contributed by atoms with Gasteiger partial charge >= 0.3 is 0 Å². The van der Waals surface area contributed by atoms with Gasteiger partial charge in [0.05, 0.1) is 0 Å². The molecular formula is C16H23NS. The van der Waals surface area contributed by atoms with Crippen LogP contribution in [0.3, 0.4) is 0 Å². The first kappa shape index (κ1) is 12.6. The highest BCUT2D eigenvalue weighted by Crippen LogP contribution is 2.33. The lowest BCUT2D eigenvalue weighted by Gasteiger charge is -2.24. The summed E-state index contributed by atoms with van der Waals surface area (Å²) in [5, 5.41) is 3.45. The molecule has 0 bridgehead atoms. The second-order valence-corrected chi connectivity index (χ2v) is 6.67. The van der Waals surface area contributed by atoms with Gasteiger partial charge in [-0.15, -0.1) is 11.8 Å². The van der Waals surface area contributed by atoms with Crippen LogP contribution in [-0.2, 0) is 12.8 Å². The summed E-state index contributed by atoms with van der Waals surface area (Å²) in [6, 6.07) is 6.94. The molecule has 2 heteroatoms. The van der Waals surface area contributed by atoms with E-state index in [4.69, 9.17) is 0 Å². The molecule has 0 amide bonds. The summed E-state index contributed by atoms with van der Waals surface area (Å²) in [7, 11) is 0. The van der Waals surface area contributed by atoms with Gasteiger partial charge in [-0.25, -0.2) is 0 Å². The van der Waals surface area contributed by atoms with Crippen molar-refractivity contribution in [3.63, 3.8) is 0 Å². The first-order valence-corrected chi connectivity index (χ1v) is 8.36. The summed E-state index contributed by atoms with van der Waals surface area (Å²) in [5.74, 6) is 2.24. The van der Waals surface area contributed by atoms with E-state index >= 15 is 0 Å². The zero-order valence-electron chi connectivity index (χ0n) is 11.1. The number of aryl methyl sites for hydroxylation is 1. The molecule has 1 aromatic carbocycles. The number of rotatable bonds is 3. The average Bonchev–Trinajstić information content (AvgIpc) is 2.46. The van der Waals surface area contributed by atoms with E-state index in [-0.39, 0.29) is 0 Å². The largest absolute Gasteiger partial charge is 0.317 e. The number of fused-ring (bicyclic) bond motifs is 1. The van der Waals surface area contributed by atoms with Gasteiger partial charge in [-0.1, -0.05) is 12.1 Å². The third-order valence-electron chi connectivity index (χ3n) is 4.29. The van der Waals surface area contributed by atoms with E-state index in [2.05, 4.69) is 35.3 Å². The van der Waals surface area contributed by atoms with E-state index in [9.17, 15) is 0 Å². The number of thioether (sulfide) groups is 1. The van der Waals surface area contributed by atoms with Crippen molar-refractivity contribution in [2.24, 2.45) is 5.92 Å². The van der Waals surface area contributed by atoms with E-state index in [1.54, 1.807) is 16.0 Å². The molecule has 0 saturated carbocycles. The summed E-state index contributed by atoms with van der Waals surface area (Å²) in [5.41, 5.74) is 3.29. The summed E-state index contributed by atoms with van der Waals surface area (Å²) in [6.45, 7) is 2.44. The van der Waals surface area contributed by atoms with Crippen LogP contribution >= 0.6 is 11.8 Å². The smallest absolute Gasteiger partial charge is 0.0107 e. The van der Waals surface area contributed by atoms with Crippen LogP contribution in [0.1, 0.15) is 36.8 Å². The standard InChI is InChI=1S/C16H23NS/c1-2-6-15-14(4-1)5-3-7-16(15)18-12-13-8-10-17-11-9-13/h3,5,7,13,17H,1-2,4,6,8-12H2. The van der Waals surface area contributed by atoms with Crippen LogP contribution in [0, 0.1) is 5.92 Å². The molecule has 1 N–H and O–H groups in total. The Labute approximate surface area is 115 Å². The van der Waals surface area contributed by atoms with Gasteiger partial charge < -0.3 is 5.32 Å². The van der Waals surface area contributed by atoms with Crippen molar-refractivity contribution in [1.29, 1.82) is 0 Å². The predicted octanol–water partition coefficient (Wildman–Crippen LogP) is 3.66. The van der Waals surface area contributed by atoms with Crippen LogP contribution in [0.5, 0.6) is 0 Å². The predicted molar refractivity (Wildman–Crippen MR) is 79.4 cm³/mol. The molecule has 1 aliphatic heterocycles. The molecule has 1 nitrogen and oxygen atoms in total. The van der Waals surface area contributed by atoms with E-state index in [0.717, 1.165) is 5.92 Å². The Morgan fingerprint density at radius 1 is 1.11 bits per heavy atom. The van der Waals surface area contributed by atoms with Gasteiger partial charge in [0.25, 0.3) is 0 Å². The molecule has 0 unspecified atom stereocenters. The highest BCUT2D eigenvalue weighted by molar-refractivity contribution is 7.99. The minimum atomic E-state index is 0.927. The van der Waals surface area contributed by atoms with E-state index in [1.807, 2.05) is 0 Å². The van der Waals surface area contributed by atoms with Gasteiger partial charge in [0.15, 0.2) is 0 Å². The highest BCUT2D eigenvalue weighted by atomic mass is 32.2. The molecule has 0 atom stereocenters. The highest BCUT2D eigenvalue weighted by Gasteiger charge is 2.16. The molecule has 1 heterocycles. The molecule has 2 aliphatic rings. The second-order valence-electron chi connectivity index (χ2n) is 5.61. The molecule has 0 radical (unpaired) electrons. The summed E-state index contributed by atoms with van der Waals surface area (Å²) in [4.78, 5) is 1.57. The fourth-order valence-corrected chi connectivity index (χ4v) is 4.47. The normalized spacial score (nSPS) is 20.7. The zero-order chi connectivity index (χ0) is 12.2. The maximum absolute atomic E-state index is 3.45. The summed E-state index contributed by atoms with van der Waals surface area (Å²) < 4.78 is 0. The molecule has 1 aliphatic carbocycles. The fourth-order valence-electron chi connectivity index (χ4n) is 3.14. The van der Waals surface area contributed by atoms with Gasteiger partial charge in [0.2, 0.25) is 0 Å². The SMILES string of the molecule is c1cc2c(c(SCC3CCNCC3)c1)CCCC2. The van der Waals surface area contributed by atoms with E-state index in [1.165, 1.54) is 57.4 Å². The number of benzene rings is 1. The number of hydrogen-bond acceptors (Lipinski definition) is 2. The lowest BCUT2D eigenvalue weighted by atomic mass is 9.92. The third kappa shape index (κ3) is 2.92. The number of hydrogen-bond donors (Lipinski definition) is 1. The number of nitrogens with one attached hydrogen (secondary N) is 1. The topological polar surface area (TPSA) is 12.0 Å². The zero-order valence-corrected chi connectivity index (χ0v) is 11.9. The average molecular weight is 261 g/mol. The van der Waals surface area contributed by atoms with E-state index in [0.29, 0.717) is 0 Å². The molecule has 0 aromatic heterocycles. The van der Waals surface area contributed by atoms with Gasteiger partial charge in [0, 0.05) is 10.6 Å². The molecular weight excluding hydrogens is 238 g/mol. The van der Waals surface area contributed by atoms with Gasteiger partial charge in [-0.05, 0) is 74.7 Å². The van der Waals surface area contributed by atoms with Crippen LogP contribution in [0.25, 0.3) is 0 Å². The van der Waals surface area contributed by atoms with Gasteiger partial charge in [-0.2, -0.15) is 0 Å². The lowest BCUT2D eigenvalue weighted by molar-refractivity contribution is 0.408. The third-order valence-corrected chi connectivity index (χ3v) is 5.62. The Kier molecular flexibility index (Phi) is 4.27. The first-order valence-electron chi connectivity index (χ1n) is 7.38. The van der Waals surface area contributed by atoms with Crippen molar-refractivity contribution in [3.8, 4) is 0 Å². The maximum atomic E-state index is 3.45. The van der Waals surface area contributed by atoms with Crippen LogP contribution < -0.4 is 5.32 Å². The maximum Gasteiger partial charge on any atom is 0.0107 e. The molecule has 1 aromatic rings. The van der Waals surface area contributed by atoms with Crippen LogP contribution in [0.2, 0.25) is 0 Å². The minimum Gasteiger partial charge on any atom is -0.317 e. The van der Waals surface area contributed by atoms with Crippen LogP contribution in [0.15, 0.2) is 23.1 Å². The molecule has 98 valence electrons. The lowest BCUT2D eigenvalue weighted by Crippen LogP contribution is -2.28. The summed E-state index contributed by atoms with van der Waals surface area (Å²) in [6.07, 6.45) is 8.11. The van der Waals surface area contributed by atoms with Crippen LogP contribution in [-0.4, -0.2) is 18.8 Å². The minimum absolute atomic E-state index is 0.927. The molecule has 1 saturated heterocycles. The number of piperidine rings is 1. The first-order chi connectivity index (χ1) is 8.93. The van der Waals surface area contributed by atoms with Crippen molar-refractivity contribution in [2.45, 2.75) is 43.4 Å². The molecule has 3 rings (SSSR count). The van der Waals surface area contributed by atoms with Crippen molar-refractivity contribution < 1.29 is 0 Å². The van der Waals surface area contributed by atoms with Crippen LogP contribution in [0.4, 0.5) is 0 Å². The van der Waals surface area contributed by atoms with Crippen molar-refractivity contribution in [3.05, 3.63) is 29.3 Å². The summed E-state index contributed by atoms with van der Waals surface area (Å²) >= 11 is 2.11. The monoisotopic (exact) mass is 261 g/mol. The Morgan fingerprint density at radius 2 is 1.94 bits per heavy atom. The molecule has 0 spiro atoms. The van der Waals surface area contributed by atoms with Gasteiger partial charge in [-0.3, -0.25) is 0 Å². The Hall–Kier alpha value is -0.470.